The average Bonchev–Trinajstić information content (AvgIpc) is 2.36. The van der Waals surface area contributed by atoms with Crippen molar-refractivity contribution in [3.05, 3.63) is 0 Å². The number of aliphatic carboxylic acids is 1. The van der Waals surface area contributed by atoms with E-state index >= 15 is 0 Å². The Kier molecular flexibility index (Phi) is 5.63. The number of amides is 2. The van der Waals surface area contributed by atoms with Crippen molar-refractivity contribution in [2.45, 2.75) is 46.1 Å². The molecular weight excluding hydrogens is 244 g/mol. The van der Waals surface area contributed by atoms with Gasteiger partial charge < -0.3 is 14.9 Å². The van der Waals surface area contributed by atoms with E-state index in [1.807, 2.05) is 13.8 Å². The van der Waals surface area contributed by atoms with E-state index in [9.17, 15) is 14.7 Å². The highest BCUT2D eigenvalue weighted by Gasteiger charge is 2.36. The van der Waals surface area contributed by atoms with Crippen LogP contribution in [0.1, 0.15) is 40.0 Å². The van der Waals surface area contributed by atoms with Gasteiger partial charge in [-0.2, -0.15) is 0 Å². The van der Waals surface area contributed by atoms with E-state index in [0.29, 0.717) is 31.3 Å². The Balaban J connectivity index is 2.74. The van der Waals surface area contributed by atoms with Gasteiger partial charge in [-0.15, -0.1) is 0 Å². The molecule has 0 radical (unpaired) electrons. The van der Waals surface area contributed by atoms with Gasteiger partial charge >= 0.3 is 12.0 Å². The van der Waals surface area contributed by atoms with Crippen molar-refractivity contribution in [2.24, 2.45) is 11.8 Å². The van der Waals surface area contributed by atoms with Crippen LogP contribution in [-0.4, -0.2) is 53.1 Å². The number of carboxylic acids is 1. The van der Waals surface area contributed by atoms with Crippen LogP contribution in [0.3, 0.4) is 0 Å². The monoisotopic (exact) mass is 270 g/mol. The molecule has 1 fully saturated rings. The quantitative estimate of drug-likeness (QED) is 0.852. The number of carbonyl (C=O) groups excluding carboxylic acids is 1. The van der Waals surface area contributed by atoms with Crippen LogP contribution in [-0.2, 0) is 4.79 Å². The van der Waals surface area contributed by atoms with Crippen LogP contribution in [0.15, 0.2) is 0 Å². The molecule has 0 saturated carbocycles. The van der Waals surface area contributed by atoms with E-state index in [-0.39, 0.29) is 6.03 Å². The standard InChI is InChI=1S/C14H26N2O3/c1-5-11-6-7-16(12(8-11)13(17)18)14(19)15(4)9-10(2)3/h10-12H,5-9H2,1-4H3,(H,17,18). The predicted molar refractivity (Wildman–Crippen MR) is 74.0 cm³/mol. The Morgan fingerprint density at radius 1 is 1.42 bits per heavy atom. The van der Waals surface area contributed by atoms with Crippen molar-refractivity contribution < 1.29 is 14.7 Å². The van der Waals surface area contributed by atoms with Crippen molar-refractivity contribution >= 4 is 12.0 Å². The maximum Gasteiger partial charge on any atom is 0.326 e. The molecule has 1 N–H and O–H groups in total. The lowest BCUT2D eigenvalue weighted by Crippen LogP contribution is -2.54. The average molecular weight is 270 g/mol. The lowest BCUT2D eigenvalue weighted by Gasteiger charge is -2.39. The summed E-state index contributed by atoms with van der Waals surface area (Å²) in [6, 6.07) is -0.823. The van der Waals surface area contributed by atoms with Crippen molar-refractivity contribution in [1.29, 1.82) is 0 Å². The molecule has 2 amide bonds. The predicted octanol–water partition coefficient (Wildman–Crippen LogP) is 2.27. The smallest absolute Gasteiger partial charge is 0.326 e. The number of urea groups is 1. The first-order valence-electron chi connectivity index (χ1n) is 7.11. The topological polar surface area (TPSA) is 60.9 Å². The molecule has 5 nitrogen and oxygen atoms in total. The molecule has 1 aliphatic heterocycles. The summed E-state index contributed by atoms with van der Waals surface area (Å²) in [7, 11) is 1.74. The second-order valence-corrected chi connectivity index (χ2v) is 5.90. The molecular formula is C14H26N2O3. The second-order valence-electron chi connectivity index (χ2n) is 5.90. The Morgan fingerprint density at radius 2 is 2.05 bits per heavy atom. The minimum Gasteiger partial charge on any atom is -0.480 e. The van der Waals surface area contributed by atoms with Crippen molar-refractivity contribution in [3.63, 3.8) is 0 Å². The molecule has 19 heavy (non-hydrogen) atoms. The number of hydrogen-bond donors (Lipinski definition) is 1. The molecule has 5 heteroatoms. The third-order valence-electron chi connectivity index (χ3n) is 3.78. The van der Waals surface area contributed by atoms with Crippen LogP contribution in [0.5, 0.6) is 0 Å². The van der Waals surface area contributed by atoms with E-state index in [0.717, 1.165) is 12.8 Å². The number of hydrogen-bond acceptors (Lipinski definition) is 2. The van der Waals surface area contributed by atoms with Gasteiger partial charge in [0.25, 0.3) is 0 Å². The fraction of sp³-hybridized carbons (Fsp3) is 0.857. The van der Waals surface area contributed by atoms with Gasteiger partial charge in [-0.3, -0.25) is 0 Å². The molecule has 0 aromatic rings. The van der Waals surface area contributed by atoms with E-state index in [1.54, 1.807) is 11.9 Å². The van der Waals surface area contributed by atoms with Crippen LogP contribution in [0, 0.1) is 11.8 Å². The summed E-state index contributed by atoms with van der Waals surface area (Å²) in [6.45, 7) is 7.37. The summed E-state index contributed by atoms with van der Waals surface area (Å²) in [5.74, 6) is -0.0876. The van der Waals surface area contributed by atoms with E-state index in [4.69, 9.17) is 0 Å². The molecule has 0 aliphatic carbocycles. The Bertz CT molecular complexity index is 331. The largest absolute Gasteiger partial charge is 0.480 e. The first-order valence-corrected chi connectivity index (χ1v) is 7.11. The molecule has 0 bridgehead atoms. The number of piperidine rings is 1. The lowest BCUT2D eigenvalue weighted by atomic mass is 9.89. The Labute approximate surface area is 115 Å². The number of carboxylic acid groups (broad SMARTS) is 1. The number of carbonyl (C=O) groups is 2. The van der Waals surface area contributed by atoms with Crippen LogP contribution in [0.25, 0.3) is 0 Å². The highest BCUT2D eigenvalue weighted by atomic mass is 16.4. The number of rotatable bonds is 4. The second kappa shape index (κ2) is 6.78. The third kappa shape index (κ3) is 4.11. The summed E-state index contributed by atoms with van der Waals surface area (Å²) >= 11 is 0. The molecule has 110 valence electrons. The van der Waals surface area contributed by atoms with Gasteiger partial charge in [0.2, 0.25) is 0 Å². The van der Waals surface area contributed by atoms with Gasteiger partial charge in [0.05, 0.1) is 0 Å². The minimum atomic E-state index is -0.885. The zero-order valence-corrected chi connectivity index (χ0v) is 12.4. The highest BCUT2D eigenvalue weighted by molar-refractivity contribution is 5.82. The minimum absolute atomic E-state index is 0.157. The molecule has 1 rings (SSSR count). The summed E-state index contributed by atoms with van der Waals surface area (Å²) in [5, 5.41) is 9.32. The normalized spacial score (nSPS) is 23.5. The maximum atomic E-state index is 12.3. The van der Waals surface area contributed by atoms with Crippen LogP contribution >= 0.6 is 0 Å². The van der Waals surface area contributed by atoms with Crippen molar-refractivity contribution in [1.82, 2.24) is 9.80 Å². The maximum absolute atomic E-state index is 12.3. The third-order valence-corrected chi connectivity index (χ3v) is 3.78. The van der Waals surface area contributed by atoms with E-state index in [1.165, 1.54) is 4.90 Å². The molecule has 1 heterocycles. The van der Waals surface area contributed by atoms with E-state index < -0.39 is 12.0 Å². The van der Waals surface area contributed by atoms with Crippen LogP contribution in [0.2, 0.25) is 0 Å². The molecule has 0 aromatic heterocycles. The van der Waals surface area contributed by atoms with Gasteiger partial charge in [-0.1, -0.05) is 27.2 Å². The molecule has 1 aliphatic rings. The van der Waals surface area contributed by atoms with Crippen LogP contribution < -0.4 is 0 Å². The fourth-order valence-corrected chi connectivity index (χ4v) is 2.72. The molecule has 1 saturated heterocycles. The van der Waals surface area contributed by atoms with E-state index in [2.05, 4.69) is 6.92 Å². The highest BCUT2D eigenvalue weighted by Crippen LogP contribution is 2.26. The van der Waals surface area contributed by atoms with Gasteiger partial charge in [-0.05, 0) is 24.7 Å². The van der Waals surface area contributed by atoms with Gasteiger partial charge in [0.15, 0.2) is 0 Å². The molecule has 0 spiro atoms. The fourth-order valence-electron chi connectivity index (χ4n) is 2.72. The van der Waals surface area contributed by atoms with Crippen LogP contribution in [0.4, 0.5) is 4.79 Å². The first kappa shape index (κ1) is 15.8. The Morgan fingerprint density at radius 3 is 2.53 bits per heavy atom. The van der Waals surface area contributed by atoms with Gasteiger partial charge in [0.1, 0.15) is 6.04 Å². The van der Waals surface area contributed by atoms with Crippen molar-refractivity contribution in [3.8, 4) is 0 Å². The van der Waals surface area contributed by atoms with Gasteiger partial charge in [-0.25, -0.2) is 9.59 Å². The van der Waals surface area contributed by atoms with Gasteiger partial charge in [0, 0.05) is 20.1 Å². The SMILES string of the molecule is CCC1CCN(C(=O)N(C)CC(C)C)C(C(=O)O)C1. The zero-order chi connectivity index (χ0) is 14.6. The summed E-state index contributed by atoms with van der Waals surface area (Å²) in [4.78, 5) is 26.9. The molecule has 0 aromatic carbocycles. The zero-order valence-electron chi connectivity index (χ0n) is 12.4. The molecule has 2 atom stereocenters. The number of nitrogens with zero attached hydrogens (tertiary/aromatic N) is 2. The Hall–Kier alpha value is -1.26. The lowest BCUT2D eigenvalue weighted by molar-refractivity contribution is -0.144. The molecule has 2 unspecified atom stereocenters. The first-order chi connectivity index (χ1) is 8.86. The van der Waals surface area contributed by atoms with Crippen molar-refractivity contribution in [2.75, 3.05) is 20.1 Å². The number of likely N-dealkylation sites (tertiary alicyclic amines) is 1. The summed E-state index contributed by atoms with van der Waals surface area (Å²) < 4.78 is 0. The summed E-state index contributed by atoms with van der Waals surface area (Å²) in [6.07, 6.45) is 2.46. The summed E-state index contributed by atoms with van der Waals surface area (Å²) in [5.41, 5.74) is 0.